The molecule has 2 N–H and O–H groups in total. The van der Waals surface area contributed by atoms with Crippen LogP contribution in [0.3, 0.4) is 0 Å². The van der Waals surface area contributed by atoms with Gasteiger partial charge in [-0.3, -0.25) is 4.99 Å². The van der Waals surface area contributed by atoms with Gasteiger partial charge in [0.15, 0.2) is 5.96 Å². The lowest BCUT2D eigenvalue weighted by molar-refractivity contribution is 0.312. The lowest BCUT2D eigenvalue weighted by Gasteiger charge is -2.33. The van der Waals surface area contributed by atoms with E-state index in [0.29, 0.717) is 6.54 Å². The third-order valence-corrected chi connectivity index (χ3v) is 4.98. The van der Waals surface area contributed by atoms with Crippen LogP contribution in [0.15, 0.2) is 29.6 Å². The molecule has 0 amide bonds. The van der Waals surface area contributed by atoms with E-state index in [4.69, 9.17) is 0 Å². The van der Waals surface area contributed by atoms with Gasteiger partial charge >= 0.3 is 0 Å². The highest BCUT2D eigenvalue weighted by atomic mass is 127. The Labute approximate surface area is 190 Å². The molecule has 160 valence electrons. The Morgan fingerprint density at radius 3 is 2.62 bits per heavy atom. The minimum Gasteiger partial charge on any atom is -0.355 e. The maximum atomic E-state index is 4.64. The number of halogens is 1. The molecule has 1 saturated heterocycles. The summed E-state index contributed by atoms with van der Waals surface area (Å²) in [6.07, 6.45) is 4.59. The van der Waals surface area contributed by atoms with E-state index in [1.807, 2.05) is 6.20 Å². The molecule has 0 bridgehead atoms. The summed E-state index contributed by atoms with van der Waals surface area (Å²) in [5, 5.41) is 14.7. The average molecular weight is 513 g/mol. The van der Waals surface area contributed by atoms with Gasteiger partial charge in [-0.1, -0.05) is 13.0 Å². The van der Waals surface area contributed by atoms with Crippen LogP contribution in [0.4, 0.5) is 5.82 Å². The Kier molecular flexibility index (Phi) is 9.58. The number of likely N-dealkylation sites (N-methyl/N-ethyl adjacent to an activating group) is 1. The molecule has 0 radical (unpaired) electrons. The largest absolute Gasteiger partial charge is 0.355 e. The monoisotopic (exact) mass is 513 g/mol. The summed E-state index contributed by atoms with van der Waals surface area (Å²) in [6, 6.07) is 4.24. The number of piperazine rings is 1. The maximum Gasteiger partial charge on any atom is 0.191 e. The van der Waals surface area contributed by atoms with Crippen molar-refractivity contribution < 1.29 is 0 Å². The molecule has 2 aromatic heterocycles. The molecule has 0 aromatic carbocycles. The Hall–Kier alpha value is -1.95. The summed E-state index contributed by atoms with van der Waals surface area (Å²) in [5.41, 5.74) is 1.13. The Bertz CT molecular complexity index is 751. The van der Waals surface area contributed by atoms with E-state index in [1.54, 1.807) is 13.4 Å². The van der Waals surface area contributed by atoms with Crippen LogP contribution in [0.25, 0.3) is 0 Å². The SMILES string of the molecule is CCc1nncn1CCNC(=NC)NCc1ccc(N2CCN(C)CC2)nc1.I. The van der Waals surface area contributed by atoms with Crippen molar-refractivity contribution >= 4 is 35.8 Å². The van der Waals surface area contributed by atoms with Crippen LogP contribution in [-0.4, -0.2) is 77.4 Å². The summed E-state index contributed by atoms with van der Waals surface area (Å²) < 4.78 is 2.06. The van der Waals surface area contributed by atoms with Crippen LogP contribution in [0.5, 0.6) is 0 Å². The van der Waals surface area contributed by atoms with Gasteiger partial charge in [-0.05, 0) is 18.7 Å². The summed E-state index contributed by atoms with van der Waals surface area (Å²) in [4.78, 5) is 13.6. The van der Waals surface area contributed by atoms with Crippen molar-refractivity contribution in [3.05, 3.63) is 36.0 Å². The van der Waals surface area contributed by atoms with Gasteiger partial charge in [0.2, 0.25) is 0 Å². The predicted octanol–water partition coefficient (Wildman–Crippen LogP) is 0.971. The minimum atomic E-state index is 0. The Balaban J connectivity index is 0.00000300. The fourth-order valence-corrected chi connectivity index (χ4v) is 3.18. The van der Waals surface area contributed by atoms with E-state index in [2.05, 4.69) is 71.3 Å². The fourth-order valence-electron chi connectivity index (χ4n) is 3.18. The first-order chi connectivity index (χ1) is 13.7. The average Bonchev–Trinajstić information content (AvgIpc) is 3.19. The number of hydrogen-bond acceptors (Lipinski definition) is 6. The fraction of sp³-hybridized carbons (Fsp3) is 0.579. The highest BCUT2D eigenvalue weighted by Gasteiger charge is 2.14. The molecule has 1 aliphatic rings. The lowest BCUT2D eigenvalue weighted by atomic mass is 10.2. The molecule has 29 heavy (non-hydrogen) atoms. The molecule has 1 fully saturated rings. The highest BCUT2D eigenvalue weighted by Crippen LogP contribution is 2.13. The minimum absolute atomic E-state index is 0. The molecular formula is C19H32IN9. The molecule has 10 heteroatoms. The molecule has 0 atom stereocenters. The first-order valence-electron chi connectivity index (χ1n) is 9.89. The topological polar surface area (TPSA) is 86.5 Å². The molecule has 3 heterocycles. The van der Waals surface area contributed by atoms with Gasteiger partial charge < -0.3 is 25.0 Å². The van der Waals surface area contributed by atoms with Crippen LogP contribution in [0, 0.1) is 0 Å². The molecule has 3 rings (SSSR count). The molecular weight excluding hydrogens is 481 g/mol. The van der Waals surface area contributed by atoms with E-state index in [-0.39, 0.29) is 24.0 Å². The van der Waals surface area contributed by atoms with E-state index >= 15 is 0 Å². The molecule has 2 aromatic rings. The van der Waals surface area contributed by atoms with Crippen molar-refractivity contribution in [3.8, 4) is 0 Å². The van der Waals surface area contributed by atoms with Crippen molar-refractivity contribution in [1.82, 2.24) is 35.3 Å². The van der Waals surface area contributed by atoms with Gasteiger partial charge in [0.25, 0.3) is 0 Å². The molecule has 9 nitrogen and oxygen atoms in total. The van der Waals surface area contributed by atoms with Gasteiger partial charge in [0, 0.05) is 65.5 Å². The standard InChI is InChI=1S/C19H31N9.HI/c1-4-17-25-24-15-28(17)8-7-21-19(20-2)23-14-16-5-6-18(22-13-16)27-11-9-26(3)10-12-27;/h5-6,13,15H,4,7-12,14H2,1-3H3,(H2,20,21,23);1H. The van der Waals surface area contributed by atoms with Gasteiger partial charge in [-0.25, -0.2) is 4.98 Å². The van der Waals surface area contributed by atoms with Crippen LogP contribution < -0.4 is 15.5 Å². The summed E-state index contributed by atoms with van der Waals surface area (Å²) in [7, 11) is 3.94. The molecule has 1 aliphatic heterocycles. The second kappa shape index (κ2) is 11.9. The van der Waals surface area contributed by atoms with E-state index in [0.717, 1.165) is 68.9 Å². The second-order valence-electron chi connectivity index (χ2n) is 6.96. The van der Waals surface area contributed by atoms with E-state index in [1.165, 1.54) is 0 Å². The Morgan fingerprint density at radius 2 is 1.97 bits per heavy atom. The highest BCUT2D eigenvalue weighted by molar-refractivity contribution is 14.0. The quantitative estimate of drug-likeness (QED) is 0.324. The third-order valence-electron chi connectivity index (χ3n) is 4.98. The second-order valence-corrected chi connectivity index (χ2v) is 6.96. The van der Waals surface area contributed by atoms with Crippen molar-refractivity contribution in [2.45, 2.75) is 26.4 Å². The van der Waals surface area contributed by atoms with Crippen LogP contribution in [0.1, 0.15) is 18.3 Å². The molecule has 0 unspecified atom stereocenters. The number of rotatable bonds is 7. The number of nitrogens with one attached hydrogen (secondary N) is 2. The zero-order valence-electron chi connectivity index (χ0n) is 17.5. The number of aromatic nitrogens is 4. The zero-order valence-corrected chi connectivity index (χ0v) is 19.8. The van der Waals surface area contributed by atoms with E-state index < -0.39 is 0 Å². The van der Waals surface area contributed by atoms with Gasteiger partial charge in [0.05, 0.1) is 0 Å². The summed E-state index contributed by atoms with van der Waals surface area (Å²) in [6.45, 7) is 8.56. The van der Waals surface area contributed by atoms with Crippen molar-refractivity contribution in [1.29, 1.82) is 0 Å². The van der Waals surface area contributed by atoms with E-state index in [9.17, 15) is 0 Å². The van der Waals surface area contributed by atoms with Crippen LogP contribution >= 0.6 is 24.0 Å². The van der Waals surface area contributed by atoms with Gasteiger partial charge in [-0.15, -0.1) is 34.2 Å². The zero-order chi connectivity index (χ0) is 19.8. The van der Waals surface area contributed by atoms with Gasteiger partial charge in [-0.2, -0.15) is 0 Å². The van der Waals surface area contributed by atoms with Gasteiger partial charge in [0.1, 0.15) is 18.0 Å². The van der Waals surface area contributed by atoms with Crippen LogP contribution in [0.2, 0.25) is 0 Å². The number of guanidine groups is 1. The molecule has 0 saturated carbocycles. The summed E-state index contributed by atoms with van der Waals surface area (Å²) >= 11 is 0. The number of aliphatic imine (C=N–C) groups is 1. The van der Waals surface area contributed by atoms with Crippen LogP contribution in [-0.2, 0) is 19.5 Å². The number of pyridine rings is 1. The lowest BCUT2D eigenvalue weighted by Crippen LogP contribution is -2.44. The van der Waals surface area contributed by atoms with Crippen molar-refractivity contribution in [3.63, 3.8) is 0 Å². The number of anilines is 1. The maximum absolute atomic E-state index is 4.64. The number of hydrogen-bond donors (Lipinski definition) is 2. The predicted molar refractivity (Wildman–Crippen MR) is 127 cm³/mol. The van der Waals surface area contributed by atoms with Crippen molar-refractivity contribution in [2.75, 3.05) is 51.7 Å². The van der Waals surface area contributed by atoms with Crippen molar-refractivity contribution in [2.24, 2.45) is 4.99 Å². The number of nitrogens with zero attached hydrogens (tertiary/aromatic N) is 7. The normalized spacial score (nSPS) is 15.1. The Morgan fingerprint density at radius 1 is 1.17 bits per heavy atom. The third kappa shape index (κ3) is 6.81. The first kappa shape index (κ1) is 23.3. The number of aryl methyl sites for hydroxylation is 1. The smallest absolute Gasteiger partial charge is 0.191 e. The molecule has 0 spiro atoms. The first-order valence-corrected chi connectivity index (χ1v) is 9.89. The molecule has 0 aliphatic carbocycles. The summed E-state index contributed by atoms with van der Waals surface area (Å²) in [5.74, 6) is 2.82.